The fourth-order valence-electron chi connectivity index (χ4n) is 3.82. The van der Waals surface area contributed by atoms with Crippen LogP contribution in [0.1, 0.15) is 37.6 Å². The van der Waals surface area contributed by atoms with Crippen molar-refractivity contribution in [2.24, 2.45) is 0 Å². The number of hydrogen-bond donors (Lipinski definition) is 0. The first-order chi connectivity index (χ1) is 16.9. The predicted octanol–water partition coefficient (Wildman–Crippen LogP) is 4.24. The highest BCUT2D eigenvalue weighted by Crippen LogP contribution is 2.32. The zero-order valence-corrected chi connectivity index (χ0v) is 20.7. The first-order valence-electron chi connectivity index (χ1n) is 11.2. The van der Waals surface area contributed by atoms with Crippen molar-refractivity contribution in [3.63, 3.8) is 0 Å². The molecule has 4 aromatic rings. The largest absolute Gasteiger partial charge is 0.772 e. The zero-order valence-electron chi connectivity index (χ0n) is 19.1. The maximum atomic E-state index is 15.0. The van der Waals surface area contributed by atoms with Gasteiger partial charge in [0.1, 0.15) is 16.5 Å². The standard InChI is InChI=1S/C23H24FN5O4S2/c1-13(2)20-27-22(33-28-20)29-10-9-19(16(24)11-29)32-23-26-18-8-7-17(25-21(18)34-23)15-5-3-14(4-6-15)12-35(30)31/h3-8,13,16,19H,9-12H2,1-2H3,(H,30,31)/p-1. The molecule has 3 aromatic heterocycles. The van der Waals surface area contributed by atoms with E-state index in [1.807, 2.05) is 38.1 Å². The Hall–Kier alpha value is -2.96. The van der Waals surface area contributed by atoms with Crippen LogP contribution >= 0.6 is 11.3 Å². The Balaban J connectivity index is 1.25. The third kappa shape index (κ3) is 5.34. The van der Waals surface area contributed by atoms with Gasteiger partial charge in [-0.25, -0.2) is 14.4 Å². The number of benzene rings is 1. The average Bonchev–Trinajstić information content (AvgIpc) is 3.47. The quantitative estimate of drug-likeness (QED) is 0.332. The Labute approximate surface area is 207 Å². The summed E-state index contributed by atoms with van der Waals surface area (Å²) < 4.78 is 47.9. The van der Waals surface area contributed by atoms with E-state index in [0.717, 1.165) is 11.3 Å². The second-order valence-corrected chi connectivity index (χ2v) is 10.5. The summed E-state index contributed by atoms with van der Waals surface area (Å²) in [5.41, 5.74) is 2.98. The second-order valence-electron chi connectivity index (χ2n) is 8.64. The summed E-state index contributed by atoms with van der Waals surface area (Å²) in [5, 5.41) is 4.32. The van der Waals surface area contributed by atoms with Gasteiger partial charge in [0.05, 0.1) is 12.2 Å². The first-order valence-corrected chi connectivity index (χ1v) is 13.2. The molecule has 1 aliphatic heterocycles. The molecule has 4 heterocycles. The van der Waals surface area contributed by atoms with Crippen molar-refractivity contribution in [1.82, 2.24) is 20.1 Å². The summed E-state index contributed by atoms with van der Waals surface area (Å²) in [6.07, 6.45) is -1.41. The normalized spacial score (nSPS) is 19.4. The van der Waals surface area contributed by atoms with Crippen LogP contribution in [0.25, 0.3) is 21.6 Å². The van der Waals surface area contributed by atoms with Gasteiger partial charge in [-0.2, -0.15) is 4.98 Å². The number of piperidine rings is 1. The molecule has 12 heteroatoms. The average molecular weight is 517 g/mol. The van der Waals surface area contributed by atoms with Crippen molar-refractivity contribution in [1.29, 1.82) is 0 Å². The summed E-state index contributed by atoms with van der Waals surface area (Å²) in [7, 11) is 0. The molecule has 35 heavy (non-hydrogen) atoms. The van der Waals surface area contributed by atoms with Crippen molar-refractivity contribution < 1.29 is 22.4 Å². The van der Waals surface area contributed by atoms with Gasteiger partial charge >= 0.3 is 6.01 Å². The lowest BCUT2D eigenvalue weighted by Gasteiger charge is -2.32. The second kappa shape index (κ2) is 9.96. The molecule has 3 atom stereocenters. The van der Waals surface area contributed by atoms with Gasteiger partial charge in [0.15, 0.2) is 12.0 Å². The predicted molar refractivity (Wildman–Crippen MR) is 130 cm³/mol. The van der Waals surface area contributed by atoms with Gasteiger partial charge in [-0.1, -0.05) is 65.7 Å². The van der Waals surface area contributed by atoms with Crippen LogP contribution in [0.3, 0.4) is 0 Å². The summed E-state index contributed by atoms with van der Waals surface area (Å²) in [6.45, 7) is 4.58. The van der Waals surface area contributed by atoms with E-state index < -0.39 is 23.4 Å². The SMILES string of the molecule is CC(C)c1noc(N2CCC(Oc3nc4ccc(-c5ccc(CS(=O)[O-])cc5)nc4s3)C(F)C2)n1. The van der Waals surface area contributed by atoms with Crippen molar-refractivity contribution in [3.8, 4) is 16.5 Å². The molecule has 1 fully saturated rings. The molecule has 184 valence electrons. The van der Waals surface area contributed by atoms with Crippen LogP contribution in [-0.4, -0.2) is 54.2 Å². The third-order valence-corrected chi connectivity index (χ3v) is 7.15. The number of ether oxygens (including phenoxy) is 1. The molecule has 0 spiro atoms. The number of rotatable bonds is 7. The van der Waals surface area contributed by atoms with Crippen molar-refractivity contribution >= 4 is 38.8 Å². The van der Waals surface area contributed by atoms with Crippen LogP contribution < -0.4 is 9.64 Å². The highest BCUT2D eigenvalue weighted by molar-refractivity contribution is 7.78. The lowest BCUT2D eigenvalue weighted by Crippen LogP contribution is -2.47. The van der Waals surface area contributed by atoms with Crippen LogP contribution in [0.2, 0.25) is 0 Å². The number of pyridine rings is 1. The van der Waals surface area contributed by atoms with Crippen LogP contribution in [0, 0.1) is 0 Å². The minimum atomic E-state index is -2.13. The van der Waals surface area contributed by atoms with Crippen LogP contribution in [-0.2, 0) is 16.8 Å². The Morgan fingerprint density at radius 1 is 1.23 bits per heavy atom. The van der Waals surface area contributed by atoms with E-state index in [9.17, 15) is 13.2 Å². The topological polar surface area (TPSA) is 117 Å². The smallest absolute Gasteiger partial charge is 0.324 e. The van der Waals surface area contributed by atoms with E-state index in [1.165, 1.54) is 11.3 Å². The van der Waals surface area contributed by atoms with E-state index in [0.29, 0.717) is 45.9 Å². The molecule has 3 unspecified atom stereocenters. The fraction of sp³-hybridized carbons (Fsp3) is 0.391. The molecule has 0 bridgehead atoms. The lowest BCUT2D eigenvalue weighted by molar-refractivity contribution is 0.0802. The number of fused-ring (bicyclic) bond motifs is 1. The van der Waals surface area contributed by atoms with Crippen molar-refractivity contribution in [2.45, 2.75) is 44.2 Å². The summed E-state index contributed by atoms with van der Waals surface area (Å²) in [4.78, 5) is 15.9. The Morgan fingerprint density at radius 2 is 2.03 bits per heavy atom. The molecule has 1 saturated heterocycles. The number of aromatic nitrogens is 4. The number of thiazole rings is 1. The zero-order chi connectivity index (χ0) is 24.5. The maximum Gasteiger partial charge on any atom is 0.324 e. The van der Waals surface area contributed by atoms with Gasteiger partial charge in [0, 0.05) is 30.2 Å². The first kappa shape index (κ1) is 23.8. The highest BCUT2D eigenvalue weighted by atomic mass is 32.2. The van der Waals surface area contributed by atoms with E-state index in [1.54, 1.807) is 17.0 Å². The molecule has 0 aliphatic carbocycles. The van der Waals surface area contributed by atoms with Crippen LogP contribution in [0.15, 0.2) is 40.9 Å². The maximum absolute atomic E-state index is 15.0. The van der Waals surface area contributed by atoms with Crippen LogP contribution in [0.4, 0.5) is 10.4 Å². The van der Waals surface area contributed by atoms with Gasteiger partial charge in [0.2, 0.25) is 0 Å². The Bertz CT molecular complexity index is 1340. The van der Waals surface area contributed by atoms with Gasteiger partial charge < -0.3 is 18.7 Å². The lowest BCUT2D eigenvalue weighted by atomic mass is 10.1. The fourth-order valence-corrected chi connectivity index (χ4v) is 5.13. The minimum Gasteiger partial charge on any atom is -0.772 e. The molecular weight excluding hydrogens is 493 g/mol. The summed E-state index contributed by atoms with van der Waals surface area (Å²) >= 11 is -0.858. The molecule has 0 saturated carbocycles. The Kier molecular flexibility index (Phi) is 6.76. The van der Waals surface area contributed by atoms with E-state index in [4.69, 9.17) is 9.26 Å². The van der Waals surface area contributed by atoms with Crippen molar-refractivity contribution in [2.75, 3.05) is 18.0 Å². The monoisotopic (exact) mass is 516 g/mol. The molecular formula is C23H23FN5O4S2-. The van der Waals surface area contributed by atoms with E-state index in [2.05, 4.69) is 20.1 Å². The molecule has 1 aliphatic rings. The molecule has 0 N–H and O–H groups in total. The van der Waals surface area contributed by atoms with E-state index >= 15 is 0 Å². The molecule has 9 nitrogen and oxygen atoms in total. The number of alkyl halides is 1. The molecule has 0 radical (unpaired) electrons. The Morgan fingerprint density at radius 3 is 2.71 bits per heavy atom. The van der Waals surface area contributed by atoms with E-state index in [-0.39, 0.29) is 18.2 Å². The highest BCUT2D eigenvalue weighted by Gasteiger charge is 2.34. The molecule has 5 rings (SSSR count). The van der Waals surface area contributed by atoms with Gasteiger partial charge in [-0.3, -0.25) is 4.21 Å². The molecule has 1 aromatic carbocycles. The van der Waals surface area contributed by atoms with Gasteiger partial charge in [0.25, 0.3) is 5.19 Å². The van der Waals surface area contributed by atoms with Crippen LogP contribution in [0.5, 0.6) is 5.19 Å². The minimum absolute atomic E-state index is 0.0231. The number of anilines is 1. The number of halogens is 1. The third-order valence-electron chi connectivity index (χ3n) is 5.72. The number of nitrogens with zero attached hydrogens (tertiary/aromatic N) is 5. The van der Waals surface area contributed by atoms with Gasteiger partial charge in [-0.15, -0.1) is 0 Å². The molecule has 0 amide bonds. The summed E-state index contributed by atoms with van der Waals surface area (Å²) in [5.74, 6) is 0.715. The van der Waals surface area contributed by atoms with Crippen molar-refractivity contribution in [3.05, 3.63) is 47.8 Å². The summed E-state index contributed by atoms with van der Waals surface area (Å²) in [6, 6.07) is 11.2. The van der Waals surface area contributed by atoms with Gasteiger partial charge in [-0.05, 0) is 17.7 Å². The number of hydrogen-bond acceptors (Lipinski definition) is 10.